The lowest BCUT2D eigenvalue weighted by atomic mass is 9.98. The molecule has 3 heterocycles. The number of aliphatic hydroxyl groups excluding tert-OH is 2. The van der Waals surface area contributed by atoms with Gasteiger partial charge in [0.15, 0.2) is 12.0 Å². The van der Waals surface area contributed by atoms with E-state index < -0.39 is 44.7 Å². The molecular weight excluding hydrogens is 635 g/mol. The highest BCUT2D eigenvalue weighted by Crippen LogP contribution is 2.44. The van der Waals surface area contributed by atoms with E-state index in [9.17, 15) is 24.5 Å². The number of likely N-dealkylation sites (tertiary alicyclic amines) is 1. The lowest BCUT2D eigenvalue weighted by Gasteiger charge is -2.37. The van der Waals surface area contributed by atoms with Crippen LogP contribution >= 0.6 is 7.82 Å². The maximum Gasteiger partial charge on any atom is 0.472 e. The maximum atomic E-state index is 12.8. The van der Waals surface area contributed by atoms with Gasteiger partial charge in [0.05, 0.1) is 19.6 Å². The molecule has 3 N–H and O–H groups in total. The minimum absolute atomic E-state index is 0.0804. The number of hydrogen-bond acceptors (Lipinski definition) is 9. The molecule has 0 saturated carbocycles. The molecule has 2 fully saturated rings. The summed E-state index contributed by atoms with van der Waals surface area (Å²) in [4.78, 5) is 33.4. The zero-order valence-corrected chi connectivity index (χ0v) is 30.6. The molecule has 2 aliphatic heterocycles. The fourth-order valence-corrected chi connectivity index (χ4v) is 7.37. The van der Waals surface area contributed by atoms with Gasteiger partial charge in [-0.1, -0.05) is 103 Å². The number of hydrogen-bond donors (Lipinski definition) is 3. The largest absolute Gasteiger partial charge is 0.472 e. The number of phosphoric acid groups is 1. The van der Waals surface area contributed by atoms with Crippen molar-refractivity contribution in [2.45, 2.75) is 179 Å². The Morgan fingerprint density at radius 3 is 1.98 bits per heavy atom. The highest BCUT2D eigenvalue weighted by Gasteiger charge is 2.45. The van der Waals surface area contributed by atoms with Crippen LogP contribution in [0.2, 0.25) is 0 Å². The Kier molecular flexibility index (Phi) is 18.9. The Bertz CT molecular complexity index is 1160. The van der Waals surface area contributed by atoms with E-state index in [-0.39, 0.29) is 12.4 Å². The van der Waals surface area contributed by atoms with Gasteiger partial charge in [0.25, 0.3) is 0 Å². The third-order valence-corrected chi connectivity index (χ3v) is 10.7. The van der Waals surface area contributed by atoms with E-state index in [4.69, 9.17) is 13.8 Å². The highest BCUT2D eigenvalue weighted by molar-refractivity contribution is 7.47. The summed E-state index contributed by atoms with van der Waals surface area (Å²) in [6, 6.07) is 2.22. The molecule has 13 heteroatoms. The van der Waals surface area contributed by atoms with Gasteiger partial charge < -0.3 is 24.7 Å². The predicted octanol–water partition coefficient (Wildman–Crippen LogP) is 7.18. The van der Waals surface area contributed by atoms with Crippen LogP contribution in [0.15, 0.2) is 22.1 Å². The summed E-state index contributed by atoms with van der Waals surface area (Å²) >= 11 is 0. The third kappa shape index (κ3) is 14.3. The fraction of sp³-hybridized carbons (Fsp3) is 0.857. The Morgan fingerprint density at radius 2 is 1.44 bits per heavy atom. The standard InChI is InChI=1S/C35H63N4O8P/c1-4-5-6-7-8-9-10-11-12-13-14-15-16-17-18-19-25-45-48(43,44)46-26-30-32(40)33(41)34(47-30)38-24-23-31(37-35(38)42)36-27-39-28(2)21-20-22-29(39)3/h23-24,27-30,32-34,40-41H,4-22,25-26H2,1-3H3,(H,43,44)/t28?,29?,30-,32+,33?,34-/m1/s1. The molecule has 3 rings (SSSR count). The molecule has 48 heavy (non-hydrogen) atoms. The van der Waals surface area contributed by atoms with Crippen molar-refractivity contribution < 1.29 is 33.5 Å². The average Bonchev–Trinajstić information content (AvgIpc) is 3.33. The zero-order chi connectivity index (χ0) is 34.8. The van der Waals surface area contributed by atoms with Crippen molar-refractivity contribution in [3.63, 3.8) is 0 Å². The predicted molar refractivity (Wildman–Crippen MR) is 188 cm³/mol. The second kappa shape index (κ2) is 22.2. The minimum atomic E-state index is -4.39. The summed E-state index contributed by atoms with van der Waals surface area (Å²) in [7, 11) is -4.39. The molecule has 2 aliphatic rings. The Balaban J connectivity index is 1.28. The molecule has 12 nitrogen and oxygen atoms in total. The van der Waals surface area contributed by atoms with Crippen LogP contribution in [0.5, 0.6) is 0 Å². The molecule has 0 spiro atoms. The molecule has 0 aliphatic carbocycles. The van der Waals surface area contributed by atoms with Crippen LogP contribution in [0.4, 0.5) is 5.82 Å². The van der Waals surface area contributed by atoms with Crippen molar-refractivity contribution in [3.05, 3.63) is 22.7 Å². The molecular formula is C35H63N4O8P. The maximum absolute atomic E-state index is 12.8. The molecule has 0 bridgehead atoms. The number of unbranched alkanes of at least 4 members (excludes halogenated alkanes) is 15. The SMILES string of the molecule is CCCCCCCCCCCCCCCCCCOP(=O)(O)OC[C@H]1O[C@@H](n2ccc(N=CN3C(C)CCCC3C)nc2=O)C(O)[C@H]1O. The molecule has 2 saturated heterocycles. The second-order valence-corrected chi connectivity index (χ2v) is 15.2. The van der Waals surface area contributed by atoms with Gasteiger partial charge in [-0.15, -0.1) is 0 Å². The number of aliphatic hydroxyl groups is 2. The van der Waals surface area contributed by atoms with Gasteiger partial charge in [-0.05, 0) is 45.6 Å². The zero-order valence-electron chi connectivity index (χ0n) is 29.7. The lowest BCUT2D eigenvalue weighted by molar-refractivity contribution is -0.0551. The summed E-state index contributed by atoms with van der Waals surface area (Å²) in [5.74, 6) is 0.219. The van der Waals surface area contributed by atoms with Crippen molar-refractivity contribution in [1.82, 2.24) is 14.5 Å². The molecule has 7 atom stereocenters. The summed E-state index contributed by atoms with van der Waals surface area (Å²) in [6.07, 6.45) is 20.9. The smallest absolute Gasteiger partial charge is 0.387 e. The van der Waals surface area contributed by atoms with E-state index in [2.05, 4.69) is 35.6 Å². The lowest BCUT2D eigenvalue weighted by Crippen LogP contribution is -2.42. The summed E-state index contributed by atoms with van der Waals surface area (Å²) in [5.41, 5.74) is -0.711. The first-order valence-corrected chi connectivity index (χ1v) is 20.2. The van der Waals surface area contributed by atoms with Gasteiger partial charge in [0.2, 0.25) is 0 Å². The van der Waals surface area contributed by atoms with Crippen molar-refractivity contribution in [1.29, 1.82) is 0 Å². The van der Waals surface area contributed by atoms with Gasteiger partial charge in [0, 0.05) is 18.3 Å². The first-order valence-electron chi connectivity index (χ1n) is 18.7. The van der Waals surface area contributed by atoms with Crippen LogP contribution in [0.1, 0.15) is 149 Å². The van der Waals surface area contributed by atoms with Crippen LogP contribution < -0.4 is 5.69 Å². The number of phosphoric ester groups is 1. The fourth-order valence-electron chi connectivity index (χ4n) is 6.60. The first-order chi connectivity index (χ1) is 23.1. The molecule has 1 aromatic rings. The molecule has 276 valence electrons. The van der Waals surface area contributed by atoms with Gasteiger partial charge in [-0.3, -0.25) is 13.6 Å². The topological polar surface area (TPSA) is 156 Å². The second-order valence-electron chi connectivity index (χ2n) is 13.7. The van der Waals surface area contributed by atoms with Crippen molar-refractivity contribution >= 4 is 20.0 Å². The molecule has 4 unspecified atom stereocenters. The van der Waals surface area contributed by atoms with Crippen LogP contribution in [0.25, 0.3) is 0 Å². The Labute approximate surface area is 287 Å². The monoisotopic (exact) mass is 698 g/mol. The van der Waals surface area contributed by atoms with E-state index in [1.54, 1.807) is 6.34 Å². The van der Waals surface area contributed by atoms with Crippen LogP contribution in [-0.2, 0) is 18.3 Å². The van der Waals surface area contributed by atoms with Gasteiger partial charge in [-0.2, -0.15) is 4.98 Å². The highest BCUT2D eigenvalue weighted by atomic mass is 31.2. The van der Waals surface area contributed by atoms with Gasteiger partial charge >= 0.3 is 13.5 Å². The van der Waals surface area contributed by atoms with E-state index >= 15 is 0 Å². The van der Waals surface area contributed by atoms with E-state index in [0.29, 0.717) is 18.5 Å². The number of ether oxygens (including phenoxy) is 1. The Hall–Kier alpha value is -1.66. The molecule has 0 radical (unpaired) electrons. The first kappa shape index (κ1) is 40.8. The van der Waals surface area contributed by atoms with Crippen molar-refractivity contribution in [3.8, 4) is 0 Å². The van der Waals surface area contributed by atoms with E-state index in [0.717, 1.165) is 36.7 Å². The number of rotatable bonds is 24. The Morgan fingerprint density at radius 1 is 0.896 bits per heavy atom. The van der Waals surface area contributed by atoms with Gasteiger partial charge in [-0.25, -0.2) is 14.4 Å². The number of aliphatic imine (C=N–C) groups is 1. The van der Waals surface area contributed by atoms with Crippen LogP contribution in [0, 0.1) is 0 Å². The normalized spacial score (nSPS) is 26.0. The molecule has 0 amide bonds. The number of aromatic nitrogens is 2. The summed E-state index contributed by atoms with van der Waals surface area (Å²) in [6.45, 7) is 6.11. The average molecular weight is 699 g/mol. The van der Waals surface area contributed by atoms with Crippen molar-refractivity contribution in [2.75, 3.05) is 13.2 Å². The van der Waals surface area contributed by atoms with E-state index in [1.165, 1.54) is 95.7 Å². The van der Waals surface area contributed by atoms with E-state index in [1.807, 2.05) is 0 Å². The van der Waals surface area contributed by atoms with Crippen molar-refractivity contribution in [2.24, 2.45) is 4.99 Å². The van der Waals surface area contributed by atoms with Crippen LogP contribution in [-0.4, -0.2) is 79.5 Å². The third-order valence-electron chi connectivity index (χ3n) is 9.67. The van der Waals surface area contributed by atoms with Gasteiger partial charge in [0.1, 0.15) is 18.3 Å². The molecule has 0 aromatic carbocycles. The molecule has 1 aromatic heterocycles. The number of nitrogens with zero attached hydrogens (tertiary/aromatic N) is 4. The number of piperidine rings is 1. The quantitative estimate of drug-likeness (QED) is 0.0437. The minimum Gasteiger partial charge on any atom is -0.387 e. The van der Waals surface area contributed by atoms with Crippen LogP contribution in [0.3, 0.4) is 0 Å². The summed E-state index contributed by atoms with van der Waals surface area (Å²) in [5, 5.41) is 21.1. The summed E-state index contributed by atoms with van der Waals surface area (Å²) < 4.78 is 29.3.